The predicted molar refractivity (Wildman–Crippen MR) is 161 cm³/mol. The average molecular weight is 546 g/mol. The number of nitrogens with one attached hydrogen (secondary N) is 2. The molecule has 2 aromatic heterocycles. The zero-order valence-corrected chi connectivity index (χ0v) is 24.8. The number of hydrogen-bond donors (Lipinski definition) is 3. The highest BCUT2D eigenvalue weighted by atomic mass is 16.3. The van der Waals surface area contributed by atoms with Gasteiger partial charge in [0.1, 0.15) is 6.23 Å². The molecule has 0 saturated carbocycles. The highest BCUT2D eigenvalue weighted by molar-refractivity contribution is 6.06. The van der Waals surface area contributed by atoms with E-state index in [2.05, 4.69) is 72.7 Å². The lowest BCUT2D eigenvalue weighted by Crippen LogP contribution is -2.38. The third kappa shape index (κ3) is 6.96. The Bertz CT molecular complexity index is 1420. The van der Waals surface area contributed by atoms with Crippen LogP contribution in [0, 0.1) is 0 Å². The molecule has 1 amide bonds. The van der Waals surface area contributed by atoms with Crippen LogP contribution in [0.5, 0.6) is 0 Å². The molecule has 0 spiro atoms. The molecule has 0 aliphatic carbocycles. The maximum Gasteiger partial charge on any atom is 0.252 e. The van der Waals surface area contributed by atoms with E-state index in [1.807, 2.05) is 42.8 Å². The Morgan fingerprint density at radius 2 is 1.95 bits per heavy atom. The summed E-state index contributed by atoms with van der Waals surface area (Å²) in [6.07, 6.45) is 3.97. The molecule has 9 nitrogen and oxygen atoms in total. The highest BCUT2D eigenvalue weighted by Crippen LogP contribution is 2.27. The minimum atomic E-state index is -0.828. The third-order valence-corrected chi connectivity index (χ3v) is 7.19. The standard InChI is InChI=1S/C31H43N7O2/c1-20(2)38-29-27(18-33-38)25(30(39)32-17-26-21(3)14-22(4)34-31(26)40)16-28(35-29)24-11-8-10-23(15-24)19-37(7)13-9-12-36(5)6/h8,10-11,14-16,18,20,31,34,40H,9,12-13,17,19H2,1-7H3,(H,32,39). The Labute approximate surface area is 237 Å². The lowest BCUT2D eigenvalue weighted by atomic mass is 10.0. The van der Waals surface area contributed by atoms with Gasteiger partial charge in [0.05, 0.1) is 22.8 Å². The molecule has 1 aliphatic heterocycles. The number of aliphatic hydroxyl groups is 1. The minimum Gasteiger partial charge on any atom is -0.370 e. The van der Waals surface area contributed by atoms with Crippen molar-refractivity contribution in [2.45, 2.75) is 52.9 Å². The number of carbonyl (C=O) groups is 1. The SMILES string of the molecule is CC1=CC(C)=C(CNC(=O)c2cc(-c3cccc(CN(C)CCCN(C)C)c3)nc3c2cnn3C(C)C)C(O)N1. The topological polar surface area (TPSA) is 98.6 Å². The number of nitrogens with zero attached hydrogens (tertiary/aromatic N) is 5. The number of carbonyl (C=O) groups excluding carboxylic acids is 1. The van der Waals surface area contributed by atoms with Gasteiger partial charge in [-0.3, -0.25) is 4.79 Å². The molecule has 1 unspecified atom stereocenters. The molecule has 3 aromatic rings. The normalized spacial score (nSPS) is 15.8. The molecule has 0 bridgehead atoms. The quantitative estimate of drug-likeness (QED) is 0.336. The van der Waals surface area contributed by atoms with Crippen molar-refractivity contribution in [2.24, 2.45) is 0 Å². The molecule has 3 N–H and O–H groups in total. The van der Waals surface area contributed by atoms with Crippen LogP contribution in [0.3, 0.4) is 0 Å². The lowest BCUT2D eigenvalue weighted by molar-refractivity contribution is 0.0954. The van der Waals surface area contributed by atoms with E-state index < -0.39 is 6.23 Å². The summed E-state index contributed by atoms with van der Waals surface area (Å²) in [5, 5.41) is 21.8. The van der Waals surface area contributed by atoms with Gasteiger partial charge in [-0.2, -0.15) is 5.10 Å². The fourth-order valence-corrected chi connectivity index (χ4v) is 5.09. The Morgan fingerprint density at radius 3 is 2.65 bits per heavy atom. The van der Waals surface area contributed by atoms with Gasteiger partial charge in [0.15, 0.2) is 5.65 Å². The van der Waals surface area contributed by atoms with Crippen molar-refractivity contribution in [3.05, 3.63) is 70.6 Å². The number of aliphatic hydroxyl groups excluding tert-OH is 1. The van der Waals surface area contributed by atoms with E-state index in [9.17, 15) is 9.90 Å². The summed E-state index contributed by atoms with van der Waals surface area (Å²) < 4.78 is 1.85. The van der Waals surface area contributed by atoms with Gasteiger partial charge >= 0.3 is 0 Å². The number of rotatable bonds is 11. The lowest BCUT2D eigenvalue weighted by Gasteiger charge is -2.24. The predicted octanol–water partition coefficient (Wildman–Crippen LogP) is 3.93. The van der Waals surface area contributed by atoms with Crippen molar-refractivity contribution >= 4 is 16.9 Å². The second-order valence-electron chi connectivity index (χ2n) is 11.3. The van der Waals surface area contributed by atoms with Crippen molar-refractivity contribution in [3.8, 4) is 11.3 Å². The molecule has 1 aliphatic rings. The van der Waals surface area contributed by atoms with Crippen LogP contribution in [0.15, 0.2) is 59.4 Å². The van der Waals surface area contributed by atoms with Crippen LogP contribution in [0.4, 0.5) is 0 Å². The number of benzene rings is 1. The van der Waals surface area contributed by atoms with Gasteiger partial charge in [-0.1, -0.05) is 18.2 Å². The fourth-order valence-electron chi connectivity index (χ4n) is 5.09. The van der Waals surface area contributed by atoms with E-state index in [0.717, 1.165) is 54.2 Å². The Morgan fingerprint density at radius 1 is 1.18 bits per heavy atom. The van der Waals surface area contributed by atoms with E-state index in [1.54, 1.807) is 6.20 Å². The first-order chi connectivity index (χ1) is 19.0. The molecule has 9 heteroatoms. The monoisotopic (exact) mass is 545 g/mol. The average Bonchev–Trinajstić information content (AvgIpc) is 3.32. The first kappa shape index (κ1) is 29.5. The van der Waals surface area contributed by atoms with Crippen LogP contribution >= 0.6 is 0 Å². The molecule has 0 saturated heterocycles. The van der Waals surface area contributed by atoms with Gasteiger partial charge in [0, 0.05) is 36.0 Å². The van der Waals surface area contributed by atoms with Gasteiger partial charge in [-0.15, -0.1) is 0 Å². The Hall–Kier alpha value is -3.53. The molecule has 214 valence electrons. The maximum atomic E-state index is 13.6. The summed E-state index contributed by atoms with van der Waals surface area (Å²) >= 11 is 0. The zero-order chi connectivity index (χ0) is 29.0. The summed E-state index contributed by atoms with van der Waals surface area (Å²) in [5.41, 5.74) is 6.65. The van der Waals surface area contributed by atoms with Crippen LogP contribution in [-0.2, 0) is 6.54 Å². The zero-order valence-electron chi connectivity index (χ0n) is 24.8. The second-order valence-corrected chi connectivity index (χ2v) is 11.3. The molecule has 0 fully saturated rings. The Kier molecular flexibility index (Phi) is 9.40. The molecule has 4 rings (SSSR count). The summed E-state index contributed by atoms with van der Waals surface area (Å²) in [6, 6.07) is 10.3. The van der Waals surface area contributed by atoms with E-state index in [1.165, 1.54) is 5.56 Å². The van der Waals surface area contributed by atoms with Crippen LogP contribution in [0.1, 0.15) is 56.1 Å². The van der Waals surface area contributed by atoms with E-state index >= 15 is 0 Å². The largest absolute Gasteiger partial charge is 0.370 e. The van der Waals surface area contributed by atoms with Gasteiger partial charge < -0.3 is 25.5 Å². The summed E-state index contributed by atoms with van der Waals surface area (Å²) in [4.78, 5) is 23.1. The molecular weight excluding hydrogens is 502 g/mol. The maximum absolute atomic E-state index is 13.6. The smallest absolute Gasteiger partial charge is 0.252 e. The number of fused-ring (bicyclic) bond motifs is 1. The van der Waals surface area contributed by atoms with Crippen molar-refractivity contribution in [1.29, 1.82) is 0 Å². The van der Waals surface area contributed by atoms with Crippen LogP contribution < -0.4 is 10.6 Å². The Balaban J connectivity index is 1.63. The molecule has 0 radical (unpaired) electrons. The first-order valence-corrected chi connectivity index (χ1v) is 13.9. The van der Waals surface area contributed by atoms with E-state index in [0.29, 0.717) is 16.6 Å². The van der Waals surface area contributed by atoms with Crippen molar-refractivity contribution in [1.82, 2.24) is 35.2 Å². The van der Waals surface area contributed by atoms with Crippen molar-refractivity contribution < 1.29 is 9.90 Å². The molecule has 1 atom stereocenters. The number of amides is 1. The second kappa shape index (κ2) is 12.8. The van der Waals surface area contributed by atoms with Crippen LogP contribution in [-0.4, -0.2) is 82.6 Å². The van der Waals surface area contributed by atoms with Crippen molar-refractivity contribution in [3.63, 3.8) is 0 Å². The number of pyridine rings is 1. The molecule has 3 heterocycles. The third-order valence-electron chi connectivity index (χ3n) is 7.19. The van der Waals surface area contributed by atoms with Crippen LogP contribution in [0.2, 0.25) is 0 Å². The van der Waals surface area contributed by atoms with Gasteiger partial charge in [0.2, 0.25) is 0 Å². The number of allylic oxidation sites excluding steroid dienone is 3. The first-order valence-electron chi connectivity index (χ1n) is 13.9. The summed E-state index contributed by atoms with van der Waals surface area (Å²) in [7, 11) is 6.34. The number of aromatic nitrogens is 3. The highest BCUT2D eigenvalue weighted by Gasteiger charge is 2.22. The molecule has 40 heavy (non-hydrogen) atoms. The summed E-state index contributed by atoms with van der Waals surface area (Å²) in [5.74, 6) is -0.229. The van der Waals surface area contributed by atoms with Gasteiger partial charge in [-0.25, -0.2) is 9.67 Å². The molecule has 1 aromatic carbocycles. The number of dihydropyridines is 1. The van der Waals surface area contributed by atoms with Crippen LogP contribution in [0.25, 0.3) is 22.3 Å². The van der Waals surface area contributed by atoms with Gasteiger partial charge in [0.25, 0.3) is 5.91 Å². The number of hydrogen-bond acceptors (Lipinski definition) is 7. The molecular formula is C31H43N7O2. The minimum absolute atomic E-state index is 0.0876. The summed E-state index contributed by atoms with van der Waals surface area (Å²) in [6.45, 7) is 11.1. The van der Waals surface area contributed by atoms with Crippen molar-refractivity contribution in [2.75, 3.05) is 40.8 Å². The van der Waals surface area contributed by atoms with E-state index in [-0.39, 0.29) is 18.5 Å². The van der Waals surface area contributed by atoms with E-state index in [4.69, 9.17) is 4.98 Å². The van der Waals surface area contributed by atoms with Gasteiger partial charge in [-0.05, 0) is 97.7 Å². The fraction of sp³-hybridized carbons (Fsp3) is 0.452.